The maximum atomic E-state index is 3.79. The van der Waals surface area contributed by atoms with Crippen molar-refractivity contribution in [2.45, 2.75) is 103 Å². The fraction of sp³-hybridized carbons (Fsp3) is 0.895. The molecule has 0 aromatic rings. The molecule has 0 aromatic carbocycles. The van der Waals surface area contributed by atoms with Crippen molar-refractivity contribution in [3.8, 4) is 0 Å². The molecular formula is C19H36N2. The van der Waals surface area contributed by atoms with Crippen LogP contribution in [-0.2, 0) is 0 Å². The quantitative estimate of drug-likeness (QED) is 0.700. The van der Waals surface area contributed by atoms with E-state index >= 15 is 0 Å². The molecule has 2 heterocycles. The van der Waals surface area contributed by atoms with Crippen molar-refractivity contribution < 1.29 is 0 Å². The van der Waals surface area contributed by atoms with Gasteiger partial charge in [-0.2, -0.15) is 0 Å². The molecule has 0 spiro atoms. The Morgan fingerprint density at radius 1 is 0.714 bits per heavy atom. The lowest BCUT2D eigenvalue weighted by atomic mass is 9.73. The van der Waals surface area contributed by atoms with E-state index in [9.17, 15) is 0 Å². The third-order valence-electron chi connectivity index (χ3n) is 4.71. The predicted octanol–water partition coefficient (Wildman–Crippen LogP) is 4.41. The Morgan fingerprint density at radius 3 is 1.52 bits per heavy atom. The molecule has 0 atom stereocenters. The highest BCUT2D eigenvalue weighted by Gasteiger charge is 2.39. The van der Waals surface area contributed by atoms with E-state index in [-0.39, 0.29) is 22.2 Å². The smallest absolute Gasteiger partial charge is 0.0167 e. The van der Waals surface area contributed by atoms with E-state index in [0.29, 0.717) is 5.92 Å². The van der Waals surface area contributed by atoms with Crippen molar-refractivity contribution in [2.24, 2.45) is 5.92 Å². The Hall–Kier alpha value is -0.340. The maximum absolute atomic E-state index is 3.79. The first kappa shape index (κ1) is 17.0. The standard InChI is InChI=1S/C19H36N2/c1-16(2)10-14(11-17(3,4)20-16)9-15-12-18(5,6)21-19(7,8)13-15/h9,14,20-21H,10-13H2,1-8H3. The Labute approximate surface area is 132 Å². The van der Waals surface area contributed by atoms with Crippen LogP contribution in [0.25, 0.3) is 0 Å². The van der Waals surface area contributed by atoms with Crippen molar-refractivity contribution in [1.82, 2.24) is 10.6 Å². The summed E-state index contributed by atoms with van der Waals surface area (Å²) in [6.07, 6.45) is 7.47. The second-order valence-corrected chi connectivity index (χ2v) is 10.1. The summed E-state index contributed by atoms with van der Waals surface area (Å²) in [5.41, 5.74) is 2.56. The van der Waals surface area contributed by atoms with E-state index in [4.69, 9.17) is 0 Å². The van der Waals surface area contributed by atoms with Gasteiger partial charge < -0.3 is 10.6 Å². The fourth-order valence-electron chi connectivity index (χ4n) is 5.17. The van der Waals surface area contributed by atoms with Gasteiger partial charge in [-0.15, -0.1) is 0 Å². The summed E-state index contributed by atoms with van der Waals surface area (Å²) < 4.78 is 0. The van der Waals surface area contributed by atoms with E-state index in [1.807, 2.05) is 0 Å². The normalized spacial score (nSPS) is 31.0. The van der Waals surface area contributed by atoms with Crippen LogP contribution in [0.2, 0.25) is 0 Å². The summed E-state index contributed by atoms with van der Waals surface area (Å²) in [7, 11) is 0. The molecule has 2 saturated heterocycles. The van der Waals surface area contributed by atoms with Crippen LogP contribution in [0.5, 0.6) is 0 Å². The third-order valence-corrected chi connectivity index (χ3v) is 4.71. The summed E-state index contributed by atoms with van der Waals surface area (Å²) in [5, 5.41) is 7.57. The molecule has 0 unspecified atom stereocenters. The second-order valence-electron chi connectivity index (χ2n) is 10.1. The zero-order valence-electron chi connectivity index (χ0n) is 15.5. The van der Waals surface area contributed by atoms with Crippen LogP contribution < -0.4 is 10.6 Å². The van der Waals surface area contributed by atoms with Gasteiger partial charge in [0.05, 0.1) is 0 Å². The molecule has 0 amide bonds. The van der Waals surface area contributed by atoms with Crippen molar-refractivity contribution in [3.05, 3.63) is 11.6 Å². The average molecular weight is 293 g/mol. The first-order valence-corrected chi connectivity index (χ1v) is 8.56. The number of hydrogen-bond donors (Lipinski definition) is 2. The maximum Gasteiger partial charge on any atom is 0.0167 e. The number of piperidine rings is 2. The second kappa shape index (κ2) is 5.09. The molecule has 0 bridgehead atoms. The molecule has 0 aromatic heterocycles. The SMILES string of the molecule is CC1(C)CC(=CC2CC(C)(C)NC(C)(C)C2)CC(C)(C)N1. The molecule has 2 N–H and O–H groups in total. The van der Waals surface area contributed by atoms with Gasteiger partial charge in [0.2, 0.25) is 0 Å². The van der Waals surface area contributed by atoms with Crippen molar-refractivity contribution in [3.63, 3.8) is 0 Å². The summed E-state index contributed by atoms with van der Waals surface area (Å²) in [5.74, 6) is 0.705. The van der Waals surface area contributed by atoms with Gasteiger partial charge in [0.25, 0.3) is 0 Å². The van der Waals surface area contributed by atoms with E-state index in [2.05, 4.69) is 72.1 Å². The van der Waals surface area contributed by atoms with Gasteiger partial charge in [-0.25, -0.2) is 0 Å². The lowest BCUT2D eigenvalue weighted by molar-refractivity contribution is 0.148. The minimum absolute atomic E-state index is 0.214. The minimum atomic E-state index is 0.214. The van der Waals surface area contributed by atoms with E-state index in [1.54, 1.807) is 5.57 Å². The molecule has 2 heteroatoms. The van der Waals surface area contributed by atoms with Crippen molar-refractivity contribution in [1.29, 1.82) is 0 Å². The Morgan fingerprint density at radius 2 is 1.10 bits per heavy atom. The van der Waals surface area contributed by atoms with Crippen LogP contribution in [0, 0.1) is 5.92 Å². The highest BCUT2D eigenvalue weighted by molar-refractivity contribution is 5.19. The van der Waals surface area contributed by atoms with E-state index < -0.39 is 0 Å². The van der Waals surface area contributed by atoms with Gasteiger partial charge in [0.15, 0.2) is 0 Å². The van der Waals surface area contributed by atoms with Gasteiger partial charge >= 0.3 is 0 Å². The van der Waals surface area contributed by atoms with Gasteiger partial charge in [-0.3, -0.25) is 0 Å². The van der Waals surface area contributed by atoms with Crippen LogP contribution >= 0.6 is 0 Å². The highest BCUT2D eigenvalue weighted by Crippen LogP contribution is 2.38. The zero-order valence-corrected chi connectivity index (χ0v) is 15.5. The number of allylic oxidation sites excluding steroid dienone is 1. The molecule has 122 valence electrons. The van der Waals surface area contributed by atoms with E-state index in [1.165, 1.54) is 25.7 Å². The Bertz CT molecular complexity index is 393. The van der Waals surface area contributed by atoms with Crippen molar-refractivity contribution in [2.75, 3.05) is 0 Å². The molecule has 21 heavy (non-hydrogen) atoms. The lowest BCUT2D eigenvalue weighted by Gasteiger charge is -2.47. The molecule has 2 rings (SSSR count). The average Bonchev–Trinajstić information content (AvgIpc) is 2.04. The summed E-state index contributed by atoms with van der Waals surface area (Å²) in [6, 6.07) is 0. The Balaban J connectivity index is 2.18. The van der Waals surface area contributed by atoms with Gasteiger partial charge in [-0.05, 0) is 87.0 Å². The third kappa shape index (κ3) is 4.82. The number of nitrogens with one attached hydrogen (secondary N) is 2. The topological polar surface area (TPSA) is 24.1 Å². The molecule has 2 aliphatic rings. The van der Waals surface area contributed by atoms with Crippen LogP contribution in [0.4, 0.5) is 0 Å². The summed E-state index contributed by atoms with van der Waals surface area (Å²) in [4.78, 5) is 0. The first-order chi connectivity index (χ1) is 9.28. The largest absolute Gasteiger partial charge is 0.307 e. The molecule has 0 radical (unpaired) electrons. The molecule has 2 nitrogen and oxygen atoms in total. The lowest BCUT2D eigenvalue weighted by Crippen LogP contribution is -2.58. The molecule has 0 saturated carbocycles. The minimum Gasteiger partial charge on any atom is -0.307 e. The van der Waals surface area contributed by atoms with Crippen LogP contribution in [0.15, 0.2) is 11.6 Å². The van der Waals surface area contributed by atoms with Crippen molar-refractivity contribution >= 4 is 0 Å². The zero-order chi connectivity index (χ0) is 16.1. The summed E-state index contributed by atoms with van der Waals surface area (Å²) in [6.45, 7) is 18.7. The van der Waals surface area contributed by atoms with Crippen LogP contribution in [0.1, 0.15) is 81.1 Å². The van der Waals surface area contributed by atoms with Crippen LogP contribution in [0.3, 0.4) is 0 Å². The molecular weight excluding hydrogens is 256 g/mol. The fourth-order valence-corrected chi connectivity index (χ4v) is 5.17. The number of hydrogen-bond acceptors (Lipinski definition) is 2. The molecule has 2 aliphatic heterocycles. The van der Waals surface area contributed by atoms with Gasteiger partial charge in [0, 0.05) is 22.2 Å². The Kier molecular flexibility index (Phi) is 4.13. The molecule has 0 aliphatic carbocycles. The monoisotopic (exact) mass is 292 g/mol. The van der Waals surface area contributed by atoms with Crippen LogP contribution in [-0.4, -0.2) is 22.2 Å². The van der Waals surface area contributed by atoms with E-state index in [0.717, 1.165) is 0 Å². The summed E-state index contributed by atoms with van der Waals surface area (Å²) >= 11 is 0. The van der Waals surface area contributed by atoms with Gasteiger partial charge in [-0.1, -0.05) is 11.6 Å². The first-order valence-electron chi connectivity index (χ1n) is 8.56. The predicted molar refractivity (Wildman–Crippen MR) is 92.6 cm³/mol. The highest BCUT2D eigenvalue weighted by atomic mass is 15.1. The molecule has 2 fully saturated rings. The number of rotatable bonds is 1. The van der Waals surface area contributed by atoms with Gasteiger partial charge in [0.1, 0.15) is 0 Å².